The molecule has 0 atom stereocenters. The van der Waals surface area contributed by atoms with E-state index < -0.39 is 0 Å². The minimum Gasteiger partial charge on any atom is -0.512 e. The number of nitrogens with zero attached hydrogens (tertiary/aromatic N) is 1. The summed E-state index contributed by atoms with van der Waals surface area (Å²) in [7, 11) is 0. The Bertz CT molecular complexity index is 1810. The molecule has 3 aromatic carbocycles. The van der Waals surface area contributed by atoms with Gasteiger partial charge in [0.15, 0.2) is 5.78 Å². The molecule has 49 heavy (non-hydrogen) atoms. The van der Waals surface area contributed by atoms with E-state index in [1.54, 1.807) is 6.92 Å². The smallest absolute Gasteiger partial charge is 0.167 e. The molecule has 0 spiro atoms. The van der Waals surface area contributed by atoms with Crippen molar-refractivity contribution >= 4 is 27.3 Å². The molecule has 4 nitrogen and oxygen atoms in total. The van der Waals surface area contributed by atoms with Crippen molar-refractivity contribution in [1.29, 1.82) is 0 Å². The van der Waals surface area contributed by atoms with Crippen LogP contribution in [0, 0.1) is 28.2 Å². The summed E-state index contributed by atoms with van der Waals surface area (Å²) < 4.78 is 6.72. The first kappa shape index (κ1) is 40.4. The van der Waals surface area contributed by atoms with Crippen molar-refractivity contribution in [3.8, 4) is 22.8 Å². The zero-order chi connectivity index (χ0) is 35.6. The van der Waals surface area contributed by atoms with Gasteiger partial charge >= 0.3 is 0 Å². The van der Waals surface area contributed by atoms with Gasteiger partial charge in [-0.1, -0.05) is 117 Å². The summed E-state index contributed by atoms with van der Waals surface area (Å²) in [6.45, 7) is 25.6. The van der Waals surface area contributed by atoms with Gasteiger partial charge in [0.1, 0.15) is 11.5 Å². The second-order valence-corrected chi connectivity index (χ2v) is 16.4. The number of Topliss-reactive ketones (excluding diaryl/α,β-unsaturated/α-hetero) is 1. The van der Waals surface area contributed by atoms with E-state index in [9.17, 15) is 9.90 Å². The van der Waals surface area contributed by atoms with Crippen LogP contribution in [-0.4, -0.2) is 15.9 Å². The van der Waals surface area contributed by atoms with Gasteiger partial charge < -0.3 is 9.84 Å². The summed E-state index contributed by atoms with van der Waals surface area (Å²) in [4.78, 5) is 17.2. The Balaban J connectivity index is 0.000000312. The van der Waals surface area contributed by atoms with E-state index in [0.29, 0.717) is 11.3 Å². The van der Waals surface area contributed by atoms with Gasteiger partial charge in [-0.15, -0.1) is 17.5 Å². The number of aliphatic hydroxyl groups is 1. The number of aromatic nitrogens is 1. The normalized spacial score (nSPS) is 13.2. The molecule has 0 aliphatic carbocycles. The minimum absolute atomic E-state index is 0. The molecule has 1 radical (unpaired) electrons. The third-order valence-electron chi connectivity index (χ3n) is 10.00. The fourth-order valence-electron chi connectivity index (χ4n) is 6.86. The van der Waals surface area contributed by atoms with E-state index in [2.05, 4.69) is 90.1 Å². The third kappa shape index (κ3) is 9.02. The van der Waals surface area contributed by atoms with Crippen LogP contribution in [0.5, 0.6) is 11.5 Å². The van der Waals surface area contributed by atoms with Crippen molar-refractivity contribution in [1.82, 2.24) is 4.98 Å². The van der Waals surface area contributed by atoms with E-state index >= 15 is 0 Å². The average molecular weight is 841 g/mol. The van der Waals surface area contributed by atoms with Crippen molar-refractivity contribution in [2.75, 3.05) is 0 Å². The van der Waals surface area contributed by atoms with E-state index in [0.717, 1.165) is 72.1 Å². The van der Waals surface area contributed by atoms with Gasteiger partial charge in [-0.2, -0.15) is 0 Å². The first-order valence-corrected chi connectivity index (χ1v) is 18.0. The van der Waals surface area contributed by atoms with Gasteiger partial charge in [0.05, 0.1) is 5.75 Å². The molecule has 0 unspecified atom stereocenters. The Morgan fingerprint density at radius 2 is 1.51 bits per heavy atom. The van der Waals surface area contributed by atoms with Crippen LogP contribution in [0.2, 0.25) is 0 Å². The van der Waals surface area contributed by atoms with Crippen molar-refractivity contribution in [3.05, 3.63) is 77.2 Å². The summed E-state index contributed by atoms with van der Waals surface area (Å²) in [5.74, 6) is 2.37. The van der Waals surface area contributed by atoms with Crippen LogP contribution in [0.15, 0.2) is 60.0 Å². The average Bonchev–Trinajstić information content (AvgIpc) is 3.03. The molecule has 1 aromatic heterocycles. The Labute approximate surface area is 309 Å². The van der Waals surface area contributed by atoms with Crippen LogP contribution in [-0.2, 0) is 37.7 Å². The van der Waals surface area contributed by atoms with Crippen LogP contribution in [0.3, 0.4) is 0 Å². The number of pyridine rings is 1. The summed E-state index contributed by atoms with van der Waals surface area (Å²) in [5.41, 5.74) is 5.10. The summed E-state index contributed by atoms with van der Waals surface area (Å²) in [6, 6.07) is 18.8. The molecule has 1 N–H and O–H groups in total. The molecule has 0 bridgehead atoms. The molecule has 1 aliphatic rings. The first-order valence-electron chi connectivity index (χ1n) is 18.0. The largest absolute Gasteiger partial charge is 0.512 e. The standard InChI is InChI=1S/C29H30NO.C15H28O2.Ir/c1-28(2,3)16-18-13-20-11-12-30-26-22-15-19-9-7-8-10-21(19)23(17-29(4,5)6)27(22)31-24(14-18)25(20)26;1-7-12(8-2)13(16)11(5)14(17)15(6,9-3)10-4;/h7-14H,16-17H2,1-6H3;12,16H,7-10H2,1-6H3;/q-1;;/b;13-11-;. The molecule has 0 fully saturated rings. The number of benzene rings is 3. The van der Waals surface area contributed by atoms with E-state index in [4.69, 9.17) is 9.72 Å². The number of carbonyl (C=O) groups excluding carboxylic acids is 1. The number of ketones is 1. The van der Waals surface area contributed by atoms with Gasteiger partial charge in [-0.3, -0.25) is 9.78 Å². The number of fused-ring (bicyclic) bond motifs is 3. The first-order chi connectivity index (χ1) is 22.5. The molecule has 4 aromatic rings. The fourth-order valence-corrected chi connectivity index (χ4v) is 6.86. The number of hydrogen-bond donors (Lipinski definition) is 1. The molecule has 0 amide bonds. The van der Waals surface area contributed by atoms with Gasteiger partial charge in [-0.25, -0.2) is 0 Å². The maximum atomic E-state index is 12.4. The van der Waals surface area contributed by atoms with Gasteiger partial charge in [0.2, 0.25) is 0 Å². The molecule has 267 valence electrons. The SMILES string of the molecule is CC(C)(C)Cc1cc2c3c(nccc3c1)-c1[c-]c3ccccc3c(CC(C)(C)C)c1O2.CCC(CC)/C(O)=C(\C)C(=O)C(C)(CC)CC.[Ir]. The molecular weight excluding hydrogens is 783 g/mol. The van der Waals surface area contributed by atoms with Gasteiger partial charge in [-0.05, 0) is 79.4 Å². The van der Waals surface area contributed by atoms with Crippen LogP contribution in [0.25, 0.3) is 32.8 Å². The number of carbonyl (C=O) groups is 1. The molecule has 0 saturated carbocycles. The number of rotatable bonds is 9. The van der Waals surface area contributed by atoms with E-state index in [-0.39, 0.29) is 48.1 Å². The topological polar surface area (TPSA) is 59.4 Å². The van der Waals surface area contributed by atoms with Crippen molar-refractivity contribution in [3.63, 3.8) is 0 Å². The summed E-state index contributed by atoms with van der Waals surface area (Å²) in [5, 5.41) is 14.8. The van der Waals surface area contributed by atoms with Crippen LogP contribution in [0.4, 0.5) is 0 Å². The number of ether oxygens (including phenoxy) is 1. The molecule has 2 heterocycles. The predicted molar refractivity (Wildman–Crippen MR) is 203 cm³/mol. The Hall–Kier alpha value is -3.01. The maximum Gasteiger partial charge on any atom is 0.167 e. The van der Waals surface area contributed by atoms with Gasteiger partial charge in [0, 0.05) is 54.3 Å². The number of aliphatic hydroxyl groups excluding tert-OH is 1. The number of allylic oxidation sites excluding steroid dienone is 2. The Morgan fingerprint density at radius 3 is 2.08 bits per heavy atom. The zero-order valence-electron chi connectivity index (χ0n) is 32.0. The zero-order valence-corrected chi connectivity index (χ0v) is 34.4. The van der Waals surface area contributed by atoms with Crippen molar-refractivity contribution < 1.29 is 34.7 Å². The van der Waals surface area contributed by atoms with E-state index in [1.165, 1.54) is 21.9 Å². The van der Waals surface area contributed by atoms with Gasteiger partial charge in [0.25, 0.3) is 0 Å². The van der Waals surface area contributed by atoms with E-state index in [1.807, 2.05) is 40.8 Å². The molecule has 5 rings (SSSR count). The third-order valence-corrected chi connectivity index (χ3v) is 10.00. The van der Waals surface area contributed by atoms with Crippen LogP contribution in [0.1, 0.15) is 120 Å². The van der Waals surface area contributed by atoms with Crippen LogP contribution >= 0.6 is 0 Å². The molecule has 0 saturated heterocycles. The summed E-state index contributed by atoms with van der Waals surface area (Å²) in [6.07, 6.45) is 7.24. The monoisotopic (exact) mass is 841 g/mol. The Kier molecular flexibility index (Phi) is 13.1. The van der Waals surface area contributed by atoms with Crippen LogP contribution < -0.4 is 4.74 Å². The molecular formula is C44H58IrNO3-. The Morgan fingerprint density at radius 1 is 0.898 bits per heavy atom. The van der Waals surface area contributed by atoms with Crippen molar-refractivity contribution in [2.45, 2.75) is 122 Å². The minimum atomic E-state index is -0.329. The molecule has 1 aliphatic heterocycles. The molecule has 5 heteroatoms. The quantitative estimate of drug-likeness (QED) is 0.0912. The number of hydrogen-bond acceptors (Lipinski definition) is 4. The summed E-state index contributed by atoms with van der Waals surface area (Å²) >= 11 is 0. The predicted octanol–water partition coefficient (Wildman–Crippen LogP) is 12.8. The fraction of sp³-hybridized carbons (Fsp3) is 0.500. The van der Waals surface area contributed by atoms with Crippen molar-refractivity contribution in [2.24, 2.45) is 22.2 Å². The second kappa shape index (κ2) is 15.9. The second-order valence-electron chi connectivity index (χ2n) is 16.4. The maximum absolute atomic E-state index is 12.4.